The van der Waals surface area contributed by atoms with Crippen LogP contribution in [0.1, 0.15) is 15.2 Å². The van der Waals surface area contributed by atoms with Crippen LogP contribution in [0.15, 0.2) is 54.6 Å². The highest BCUT2D eigenvalue weighted by atomic mass is 32.1. The number of hydrogen-bond acceptors (Lipinski definition) is 8. The standard InChI is InChI=1S/C23H19N3O5S2/c1-13-4-6-14(7-5-13)20-21(15-8-9-16(30-2)17(12-15)31-3)33-23(24-20)25-22(27)18-10-11-19(32-18)26(28)29/h4-12H,1-3H3,(H,24,25,27). The van der Waals surface area contributed by atoms with Crippen LogP contribution in [-0.4, -0.2) is 30.0 Å². The summed E-state index contributed by atoms with van der Waals surface area (Å²) in [6, 6.07) is 16.3. The quantitative estimate of drug-likeness (QED) is 0.255. The highest BCUT2D eigenvalue weighted by Crippen LogP contribution is 2.42. The maximum atomic E-state index is 12.7. The molecule has 2 heterocycles. The number of nitrogens with one attached hydrogen (secondary N) is 1. The third-order valence-corrected chi connectivity index (χ3v) is 6.87. The van der Waals surface area contributed by atoms with E-state index in [2.05, 4.69) is 10.3 Å². The van der Waals surface area contributed by atoms with Crippen molar-refractivity contribution in [3.63, 3.8) is 0 Å². The Morgan fingerprint density at radius 2 is 1.67 bits per heavy atom. The van der Waals surface area contributed by atoms with Crippen LogP contribution in [0, 0.1) is 17.0 Å². The maximum absolute atomic E-state index is 12.7. The van der Waals surface area contributed by atoms with Crippen molar-refractivity contribution in [1.82, 2.24) is 4.98 Å². The predicted octanol–water partition coefficient (Wildman–Crippen LogP) is 6.02. The summed E-state index contributed by atoms with van der Waals surface area (Å²) in [6.07, 6.45) is 0. The van der Waals surface area contributed by atoms with Gasteiger partial charge in [0.25, 0.3) is 5.91 Å². The Kier molecular flexibility index (Phi) is 6.38. The van der Waals surface area contributed by atoms with E-state index in [0.717, 1.165) is 32.9 Å². The number of carbonyl (C=O) groups excluding carboxylic acids is 1. The summed E-state index contributed by atoms with van der Waals surface area (Å²) < 4.78 is 10.8. The summed E-state index contributed by atoms with van der Waals surface area (Å²) in [5.74, 6) is 0.737. The van der Waals surface area contributed by atoms with Crippen molar-refractivity contribution in [2.24, 2.45) is 0 Å². The number of ether oxygens (including phenoxy) is 2. The van der Waals surface area contributed by atoms with Crippen molar-refractivity contribution in [3.05, 3.63) is 75.2 Å². The molecule has 168 valence electrons. The van der Waals surface area contributed by atoms with Gasteiger partial charge in [-0.05, 0) is 36.8 Å². The van der Waals surface area contributed by atoms with Crippen LogP contribution in [0.2, 0.25) is 0 Å². The molecule has 0 aliphatic carbocycles. The maximum Gasteiger partial charge on any atom is 0.324 e. The second kappa shape index (κ2) is 9.39. The molecule has 0 saturated carbocycles. The minimum atomic E-state index is -0.518. The molecule has 8 nitrogen and oxygen atoms in total. The molecule has 4 rings (SSSR count). The third-order valence-electron chi connectivity index (χ3n) is 4.81. The first-order valence-corrected chi connectivity index (χ1v) is 11.4. The Labute approximate surface area is 197 Å². The lowest BCUT2D eigenvalue weighted by Crippen LogP contribution is -2.09. The number of methoxy groups -OCH3 is 2. The van der Waals surface area contributed by atoms with Gasteiger partial charge in [-0.15, -0.1) is 0 Å². The van der Waals surface area contributed by atoms with Crippen LogP contribution in [0.5, 0.6) is 11.5 Å². The van der Waals surface area contributed by atoms with Gasteiger partial charge in [0.05, 0.1) is 34.6 Å². The second-order valence-corrected chi connectivity index (χ2v) is 9.04. The van der Waals surface area contributed by atoms with Gasteiger partial charge in [-0.3, -0.25) is 20.2 Å². The Balaban J connectivity index is 1.74. The van der Waals surface area contributed by atoms with Crippen molar-refractivity contribution in [2.75, 3.05) is 19.5 Å². The first-order chi connectivity index (χ1) is 15.9. The number of nitrogens with zero attached hydrogens (tertiary/aromatic N) is 2. The number of thiophene rings is 1. The summed E-state index contributed by atoms with van der Waals surface area (Å²) >= 11 is 2.13. The molecule has 0 unspecified atom stereocenters. The number of benzene rings is 2. The normalized spacial score (nSPS) is 10.6. The van der Waals surface area contributed by atoms with Crippen LogP contribution in [-0.2, 0) is 0 Å². The van der Waals surface area contributed by atoms with E-state index in [1.54, 1.807) is 14.2 Å². The molecule has 0 aliphatic rings. The van der Waals surface area contributed by atoms with E-state index in [9.17, 15) is 14.9 Å². The molecule has 0 aliphatic heterocycles. The summed E-state index contributed by atoms with van der Waals surface area (Å²) in [4.78, 5) is 28.8. The SMILES string of the molecule is COc1ccc(-c2sc(NC(=O)c3ccc([N+](=O)[O-])s3)nc2-c2ccc(C)cc2)cc1OC. The monoisotopic (exact) mass is 481 g/mol. The molecular formula is C23H19N3O5S2. The average Bonchev–Trinajstić information content (AvgIpc) is 3.47. The van der Waals surface area contributed by atoms with Crippen molar-refractivity contribution >= 4 is 38.7 Å². The molecule has 4 aromatic rings. The zero-order valence-corrected chi connectivity index (χ0v) is 19.6. The lowest BCUT2D eigenvalue weighted by atomic mass is 10.1. The Hall–Kier alpha value is -3.76. The van der Waals surface area contributed by atoms with Crippen LogP contribution in [0.25, 0.3) is 21.7 Å². The number of hydrogen-bond donors (Lipinski definition) is 1. The first-order valence-electron chi connectivity index (χ1n) is 9.75. The number of thiazole rings is 1. The van der Waals surface area contributed by atoms with E-state index >= 15 is 0 Å². The lowest BCUT2D eigenvalue weighted by molar-refractivity contribution is -0.380. The van der Waals surface area contributed by atoms with Gasteiger partial charge in [-0.25, -0.2) is 4.98 Å². The van der Waals surface area contributed by atoms with Gasteiger partial charge in [0.1, 0.15) is 0 Å². The van der Waals surface area contributed by atoms with Gasteiger partial charge in [-0.2, -0.15) is 0 Å². The lowest BCUT2D eigenvalue weighted by Gasteiger charge is -2.09. The van der Waals surface area contributed by atoms with Gasteiger partial charge in [-0.1, -0.05) is 52.5 Å². The molecule has 2 aromatic heterocycles. The Bertz CT molecular complexity index is 1330. The number of amides is 1. The predicted molar refractivity (Wildman–Crippen MR) is 130 cm³/mol. The largest absolute Gasteiger partial charge is 0.493 e. The van der Waals surface area contributed by atoms with Crippen LogP contribution in [0.3, 0.4) is 0 Å². The molecule has 33 heavy (non-hydrogen) atoms. The first kappa shape index (κ1) is 22.4. The van der Waals surface area contributed by atoms with Crippen LogP contribution in [0.4, 0.5) is 10.1 Å². The Morgan fingerprint density at radius 1 is 0.970 bits per heavy atom. The fourth-order valence-corrected chi connectivity index (χ4v) is 4.86. The van der Waals surface area contributed by atoms with E-state index in [1.807, 2.05) is 49.4 Å². The third kappa shape index (κ3) is 4.71. The number of nitro groups is 1. The number of aromatic nitrogens is 1. The van der Waals surface area contributed by atoms with E-state index in [1.165, 1.54) is 23.5 Å². The fraction of sp³-hybridized carbons (Fsp3) is 0.130. The zero-order valence-electron chi connectivity index (χ0n) is 17.9. The summed E-state index contributed by atoms with van der Waals surface area (Å²) in [6.45, 7) is 2.01. The Morgan fingerprint density at radius 3 is 2.30 bits per heavy atom. The molecule has 0 saturated heterocycles. The molecule has 10 heteroatoms. The number of carbonyl (C=O) groups is 1. The smallest absolute Gasteiger partial charge is 0.324 e. The molecule has 2 aromatic carbocycles. The van der Waals surface area contributed by atoms with Gasteiger partial charge in [0.15, 0.2) is 16.6 Å². The topological polar surface area (TPSA) is 104 Å². The molecule has 1 amide bonds. The minimum Gasteiger partial charge on any atom is -0.493 e. The van der Waals surface area contributed by atoms with Gasteiger partial charge in [0.2, 0.25) is 0 Å². The van der Waals surface area contributed by atoms with E-state index in [4.69, 9.17) is 9.47 Å². The van der Waals surface area contributed by atoms with E-state index in [-0.39, 0.29) is 9.88 Å². The van der Waals surface area contributed by atoms with Crippen LogP contribution < -0.4 is 14.8 Å². The highest BCUT2D eigenvalue weighted by Gasteiger charge is 2.20. The van der Waals surface area contributed by atoms with Gasteiger partial charge >= 0.3 is 5.00 Å². The van der Waals surface area contributed by atoms with Crippen molar-refractivity contribution in [1.29, 1.82) is 0 Å². The zero-order chi connectivity index (χ0) is 23.5. The van der Waals surface area contributed by atoms with E-state index in [0.29, 0.717) is 22.3 Å². The average molecular weight is 482 g/mol. The minimum absolute atomic E-state index is 0.0920. The number of anilines is 1. The molecule has 0 atom stereocenters. The molecule has 0 bridgehead atoms. The van der Waals surface area contributed by atoms with Crippen molar-refractivity contribution in [3.8, 4) is 33.2 Å². The van der Waals surface area contributed by atoms with E-state index < -0.39 is 10.8 Å². The van der Waals surface area contributed by atoms with Crippen molar-refractivity contribution < 1.29 is 19.2 Å². The summed E-state index contributed by atoms with van der Waals surface area (Å²) in [5, 5.41) is 14.0. The summed E-state index contributed by atoms with van der Waals surface area (Å²) in [7, 11) is 3.14. The molecular weight excluding hydrogens is 462 g/mol. The fourth-order valence-electron chi connectivity index (χ4n) is 3.16. The second-order valence-electron chi connectivity index (χ2n) is 6.98. The highest BCUT2D eigenvalue weighted by molar-refractivity contribution is 7.20. The van der Waals surface area contributed by atoms with Gasteiger partial charge in [0, 0.05) is 11.6 Å². The number of rotatable bonds is 7. The molecule has 0 radical (unpaired) electrons. The molecule has 0 fully saturated rings. The molecule has 0 spiro atoms. The molecule has 1 N–H and O–H groups in total. The van der Waals surface area contributed by atoms with Crippen molar-refractivity contribution in [2.45, 2.75) is 6.92 Å². The van der Waals surface area contributed by atoms with Gasteiger partial charge < -0.3 is 9.47 Å². The summed E-state index contributed by atoms with van der Waals surface area (Å²) in [5.41, 5.74) is 3.58. The number of aryl methyl sites for hydroxylation is 1. The van der Waals surface area contributed by atoms with Crippen LogP contribution >= 0.6 is 22.7 Å².